The quantitative estimate of drug-likeness (QED) is 0.803. The fourth-order valence-electron chi connectivity index (χ4n) is 3.77. The number of hydrogen-bond acceptors (Lipinski definition) is 5. The Kier molecular flexibility index (Phi) is 5.86. The summed E-state index contributed by atoms with van der Waals surface area (Å²) in [7, 11) is 1.66. The van der Waals surface area contributed by atoms with Gasteiger partial charge in [0.05, 0.1) is 19.3 Å². The van der Waals surface area contributed by atoms with Crippen LogP contribution in [-0.4, -0.2) is 38.3 Å². The summed E-state index contributed by atoms with van der Waals surface area (Å²) >= 11 is 0. The fourth-order valence-corrected chi connectivity index (χ4v) is 3.77. The van der Waals surface area contributed by atoms with Crippen molar-refractivity contribution >= 4 is 0 Å². The second-order valence-corrected chi connectivity index (χ2v) is 7.08. The third kappa shape index (κ3) is 4.08. The zero-order valence-electron chi connectivity index (χ0n) is 15.7. The minimum Gasteiger partial charge on any atom is -0.370 e. The Balaban J connectivity index is 1.51. The van der Waals surface area contributed by atoms with Gasteiger partial charge in [-0.3, -0.25) is 0 Å². The van der Waals surface area contributed by atoms with E-state index in [0.29, 0.717) is 13.2 Å². The van der Waals surface area contributed by atoms with Crippen LogP contribution in [0.5, 0.6) is 0 Å². The largest absolute Gasteiger partial charge is 0.370 e. The Morgan fingerprint density at radius 1 is 0.963 bits per heavy atom. The molecule has 27 heavy (non-hydrogen) atoms. The number of rotatable bonds is 5. The molecule has 0 amide bonds. The van der Waals surface area contributed by atoms with Crippen molar-refractivity contribution in [2.45, 2.75) is 44.4 Å². The molecule has 0 bridgehead atoms. The molecule has 2 aromatic carbocycles. The lowest BCUT2D eigenvalue weighted by molar-refractivity contribution is -0.354. The van der Waals surface area contributed by atoms with E-state index in [-0.39, 0.29) is 30.5 Å². The molecule has 0 aromatic heterocycles. The van der Waals surface area contributed by atoms with Crippen LogP contribution in [0.25, 0.3) is 0 Å². The molecule has 0 N–H and O–H groups in total. The van der Waals surface area contributed by atoms with Crippen LogP contribution in [0.2, 0.25) is 0 Å². The highest BCUT2D eigenvalue weighted by atomic mass is 16.7. The van der Waals surface area contributed by atoms with Crippen molar-refractivity contribution < 1.29 is 23.7 Å². The molecule has 0 aliphatic carbocycles. The Hall–Kier alpha value is -1.76. The highest BCUT2D eigenvalue weighted by molar-refractivity contribution is 5.17. The average Bonchev–Trinajstić information content (AvgIpc) is 2.74. The first-order valence-electron chi connectivity index (χ1n) is 9.42. The fraction of sp³-hybridized carbons (Fsp3) is 0.455. The van der Waals surface area contributed by atoms with Gasteiger partial charge < -0.3 is 23.7 Å². The molecule has 2 aliphatic heterocycles. The maximum Gasteiger partial charge on any atom is 0.184 e. The Morgan fingerprint density at radius 3 is 2.37 bits per heavy atom. The molecule has 0 unspecified atom stereocenters. The van der Waals surface area contributed by atoms with Gasteiger partial charge in [0, 0.05) is 18.6 Å². The predicted molar refractivity (Wildman–Crippen MR) is 99.9 cm³/mol. The van der Waals surface area contributed by atoms with E-state index in [9.17, 15) is 0 Å². The van der Waals surface area contributed by atoms with Crippen LogP contribution in [0.1, 0.15) is 24.3 Å². The van der Waals surface area contributed by atoms with Crippen LogP contribution in [0.3, 0.4) is 0 Å². The summed E-state index contributed by atoms with van der Waals surface area (Å²) in [6.45, 7) is 3.05. The minimum absolute atomic E-state index is 0.0366. The van der Waals surface area contributed by atoms with Crippen LogP contribution in [-0.2, 0) is 30.3 Å². The van der Waals surface area contributed by atoms with E-state index in [1.54, 1.807) is 7.11 Å². The molecule has 144 valence electrons. The number of ether oxygens (including phenoxy) is 5. The third-order valence-electron chi connectivity index (χ3n) is 5.23. The molecule has 5 heteroatoms. The minimum atomic E-state index is -0.412. The number of methoxy groups -OCH3 is 1. The van der Waals surface area contributed by atoms with Gasteiger partial charge in [-0.05, 0) is 5.56 Å². The van der Waals surface area contributed by atoms with Gasteiger partial charge in [0.1, 0.15) is 12.2 Å². The second-order valence-electron chi connectivity index (χ2n) is 7.08. The molecule has 5 nitrogen and oxygen atoms in total. The summed E-state index contributed by atoms with van der Waals surface area (Å²) in [6, 6.07) is 20.1. The van der Waals surface area contributed by atoms with Gasteiger partial charge in [0.15, 0.2) is 12.6 Å². The summed E-state index contributed by atoms with van der Waals surface area (Å²) in [5.74, 6) is 0.0366. The third-order valence-corrected chi connectivity index (χ3v) is 5.23. The van der Waals surface area contributed by atoms with Crippen molar-refractivity contribution in [2.75, 3.05) is 13.7 Å². The zero-order valence-corrected chi connectivity index (χ0v) is 15.7. The van der Waals surface area contributed by atoms with Crippen LogP contribution in [0.15, 0.2) is 60.7 Å². The van der Waals surface area contributed by atoms with Gasteiger partial charge in [-0.15, -0.1) is 0 Å². The monoisotopic (exact) mass is 370 g/mol. The highest BCUT2D eigenvalue weighted by Gasteiger charge is 2.49. The first-order valence-corrected chi connectivity index (χ1v) is 9.42. The van der Waals surface area contributed by atoms with Crippen molar-refractivity contribution in [2.24, 2.45) is 5.92 Å². The lowest BCUT2D eigenvalue weighted by Crippen LogP contribution is -2.59. The Labute approximate surface area is 160 Å². The first-order chi connectivity index (χ1) is 13.3. The van der Waals surface area contributed by atoms with E-state index in [2.05, 4.69) is 19.1 Å². The van der Waals surface area contributed by atoms with Crippen molar-refractivity contribution in [1.29, 1.82) is 0 Å². The maximum absolute atomic E-state index is 6.33. The standard InChI is InChI=1S/C22H26O5/c1-15-19(24-13-16-9-5-3-6-10-16)20-18(26-21(15)23-2)14-25-22(27-20)17-11-7-4-8-12-17/h3-12,15,18-22H,13-14H2,1-2H3/t15-,18+,19-,20+,21-,22+/m0/s1. The first kappa shape index (κ1) is 18.6. The molecule has 0 radical (unpaired) electrons. The van der Waals surface area contributed by atoms with Gasteiger partial charge in [0.25, 0.3) is 0 Å². The number of benzene rings is 2. The van der Waals surface area contributed by atoms with E-state index in [1.807, 2.05) is 48.5 Å². The summed E-state index contributed by atoms with van der Waals surface area (Å²) < 4.78 is 30.2. The molecule has 6 atom stereocenters. The molecule has 0 spiro atoms. The smallest absolute Gasteiger partial charge is 0.184 e. The summed E-state index contributed by atoms with van der Waals surface area (Å²) in [5.41, 5.74) is 2.13. The highest BCUT2D eigenvalue weighted by Crippen LogP contribution is 2.37. The van der Waals surface area contributed by atoms with Crippen molar-refractivity contribution in [1.82, 2.24) is 0 Å². The zero-order chi connectivity index (χ0) is 18.6. The van der Waals surface area contributed by atoms with Crippen molar-refractivity contribution in [3.05, 3.63) is 71.8 Å². The van der Waals surface area contributed by atoms with Crippen molar-refractivity contribution in [3.8, 4) is 0 Å². The SMILES string of the molecule is CO[C@H]1O[C@@H]2CO[C@@H](c3ccccc3)O[C@H]2[C@@H](OCc2ccccc2)[C@@H]1C. The van der Waals surface area contributed by atoms with Crippen LogP contribution < -0.4 is 0 Å². The average molecular weight is 370 g/mol. The van der Waals surface area contributed by atoms with Crippen LogP contribution in [0, 0.1) is 5.92 Å². The van der Waals surface area contributed by atoms with E-state index >= 15 is 0 Å². The van der Waals surface area contributed by atoms with Crippen molar-refractivity contribution in [3.63, 3.8) is 0 Å². The van der Waals surface area contributed by atoms with Gasteiger partial charge in [-0.2, -0.15) is 0 Å². The van der Waals surface area contributed by atoms with Gasteiger partial charge in [0.2, 0.25) is 0 Å². The molecular formula is C22H26O5. The second kappa shape index (κ2) is 8.50. The van der Waals surface area contributed by atoms with Crippen LogP contribution in [0.4, 0.5) is 0 Å². The molecule has 2 heterocycles. The molecular weight excluding hydrogens is 344 g/mol. The predicted octanol–water partition coefficient (Wildman–Crippen LogP) is 3.69. The summed E-state index contributed by atoms with van der Waals surface area (Å²) in [4.78, 5) is 0. The van der Waals surface area contributed by atoms with Gasteiger partial charge in [-0.1, -0.05) is 67.6 Å². The Morgan fingerprint density at radius 2 is 1.67 bits per heavy atom. The van der Waals surface area contributed by atoms with E-state index in [4.69, 9.17) is 23.7 Å². The van der Waals surface area contributed by atoms with E-state index in [0.717, 1.165) is 11.1 Å². The maximum atomic E-state index is 6.33. The molecule has 4 rings (SSSR count). The van der Waals surface area contributed by atoms with E-state index in [1.165, 1.54) is 0 Å². The summed E-state index contributed by atoms with van der Waals surface area (Å²) in [6.07, 6.45) is -1.33. The number of hydrogen-bond donors (Lipinski definition) is 0. The normalized spacial score (nSPS) is 33.4. The summed E-state index contributed by atoms with van der Waals surface area (Å²) in [5, 5.41) is 0. The molecule has 2 aliphatic rings. The topological polar surface area (TPSA) is 46.2 Å². The molecule has 2 aromatic rings. The van der Waals surface area contributed by atoms with E-state index < -0.39 is 6.29 Å². The molecule has 2 fully saturated rings. The van der Waals surface area contributed by atoms with Gasteiger partial charge >= 0.3 is 0 Å². The lowest BCUT2D eigenvalue weighted by Gasteiger charge is -2.48. The molecule has 2 saturated heterocycles. The number of fused-ring (bicyclic) bond motifs is 1. The lowest BCUT2D eigenvalue weighted by atomic mass is 9.91. The Bertz CT molecular complexity index is 707. The van der Waals surface area contributed by atoms with Gasteiger partial charge in [-0.25, -0.2) is 0 Å². The van der Waals surface area contributed by atoms with Crippen LogP contribution >= 0.6 is 0 Å². The molecule has 0 saturated carbocycles.